The first-order valence-electron chi connectivity index (χ1n) is 5.09. The standard InChI is InChI=1S/C11H15NO4P/c1-8-4-6-10(7-5-8)16-17(14)12-9(2)11(13)15-3/h4-7,9H,1-3H3,(H,12,14)/q+1/t9-/m0/s1. The Morgan fingerprint density at radius 1 is 1.35 bits per heavy atom. The molecule has 2 atom stereocenters. The minimum absolute atomic E-state index is 0.485. The van der Waals surface area contributed by atoms with Gasteiger partial charge >= 0.3 is 14.1 Å². The molecule has 0 aromatic heterocycles. The molecule has 1 aromatic rings. The van der Waals surface area contributed by atoms with Crippen molar-refractivity contribution in [1.29, 1.82) is 0 Å². The lowest BCUT2D eigenvalue weighted by Gasteiger charge is -2.02. The molecule has 0 aliphatic rings. The van der Waals surface area contributed by atoms with Gasteiger partial charge in [-0.25, -0.2) is 4.52 Å². The molecule has 0 saturated heterocycles. The number of rotatable bonds is 5. The fourth-order valence-electron chi connectivity index (χ4n) is 1.11. The minimum atomic E-state index is -2.14. The first kappa shape index (κ1) is 13.6. The fourth-order valence-corrected chi connectivity index (χ4v) is 1.90. The van der Waals surface area contributed by atoms with E-state index in [9.17, 15) is 9.36 Å². The molecule has 0 radical (unpaired) electrons. The third-order valence-corrected chi connectivity index (χ3v) is 3.04. The van der Waals surface area contributed by atoms with E-state index in [2.05, 4.69) is 9.82 Å². The molecule has 1 aromatic carbocycles. The fraction of sp³-hybridized carbons (Fsp3) is 0.364. The van der Waals surface area contributed by atoms with Crippen LogP contribution in [-0.4, -0.2) is 19.1 Å². The molecule has 0 heterocycles. The van der Waals surface area contributed by atoms with Crippen LogP contribution >= 0.6 is 8.18 Å². The van der Waals surface area contributed by atoms with Gasteiger partial charge in [0.25, 0.3) is 0 Å². The number of ether oxygens (including phenoxy) is 1. The van der Waals surface area contributed by atoms with Crippen LogP contribution in [-0.2, 0) is 14.1 Å². The second-order valence-corrected chi connectivity index (χ2v) is 4.49. The monoisotopic (exact) mass is 256 g/mol. The van der Waals surface area contributed by atoms with Crippen molar-refractivity contribution in [1.82, 2.24) is 5.09 Å². The van der Waals surface area contributed by atoms with E-state index in [0.29, 0.717) is 5.75 Å². The zero-order valence-electron chi connectivity index (χ0n) is 9.97. The number of hydrogen-bond acceptors (Lipinski definition) is 4. The van der Waals surface area contributed by atoms with Gasteiger partial charge in [0.05, 0.1) is 7.11 Å². The van der Waals surface area contributed by atoms with Gasteiger partial charge in [-0.2, -0.15) is 0 Å². The van der Waals surface area contributed by atoms with Gasteiger partial charge in [0.1, 0.15) is 6.04 Å². The van der Waals surface area contributed by atoms with Gasteiger partial charge in [0.2, 0.25) is 0 Å². The molecule has 5 nitrogen and oxygen atoms in total. The van der Waals surface area contributed by atoms with Crippen LogP contribution in [0.15, 0.2) is 24.3 Å². The van der Waals surface area contributed by atoms with Crippen molar-refractivity contribution in [3.8, 4) is 5.75 Å². The lowest BCUT2D eigenvalue weighted by molar-refractivity contribution is -0.142. The van der Waals surface area contributed by atoms with Gasteiger partial charge in [-0.15, -0.1) is 0 Å². The number of carbonyl (C=O) groups is 1. The summed E-state index contributed by atoms with van der Waals surface area (Å²) in [5.74, 6) is 0.00198. The molecule has 0 saturated carbocycles. The van der Waals surface area contributed by atoms with Gasteiger partial charge in [-0.1, -0.05) is 22.8 Å². The van der Waals surface area contributed by atoms with Crippen LogP contribution in [0.4, 0.5) is 0 Å². The zero-order chi connectivity index (χ0) is 12.8. The molecule has 0 bridgehead atoms. The van der Waals surface area contributed by atoms with Gasteiger partial charge in [-0.3, -0.25) is 4.79 Å². The van der Waals surface area contributed by atoms with Crippen molar-refractivity contribution in [3.63, 3.8) is 0 Å². The normalized spacial score (nSPS) is 12.8. The lowest BCUT2D eigenvalue weighted by Crippen LogP contribution is -2.30. The Morgan fingerprint density at radius 2 is 1.94 bits per heavy atom. The Bertz CT molecular complexity index is 404. The number of esters is 1. The van der Waals surface area contributed by atoms with Crippen LogP contribution in [0, 0.1) is 6.92 Å². The SMILES string of the molecule is COC(=O)[C@H](C)N[P+](=O)Oc1ccc(C)cc1. The third-order valence-electron chi connectivity index (χ3n) is 2.06. The summed E-state index contributed by atoms with van der Waals surface area (Å²) < 4.78 is 21.2. The van der Waals surface area contributed by atoms with Crippen LogP contribution < -0.4 is 9.61 Å². The Morgan fingerprint density at radius 3 is 2.47 bits per heavy atom. The van der Waals surface area contributed by atoms with Crippen LogP contribution in [0.5, 0.6) is 5.75 Å². The summed E-state index contributed by atoms with van der Waals surface area (Å²) in [4.78, 5) is 11.1. The molecule has 1 unspecified atom stereocenters. The maximum Gasteiger partial charge on any atom is 0.664 e. The largest absolute Gasteiger partial charge is 0.664 e. The van der Waals surface area contributed by atoms with E-state index in [1.54, 1.807) is 19.1 Å². The van der Waals surface area contributed by atoms with Crippen molar-refractivity contribution in [3.05, 3.63) is 29.8 Å². The number of aryl methyl sites for hydroxylation is 1. The molecule has 17 heavy (non-hydrogen) atoms. The summed E-state index contributed by atoms with van der Waals surface area (Å²) >= 11 is 0. The topological polar surface area (TPSA) is 64.6 Å². The number of hydrogen-bond donors (Lipinski definition) is 1. The highest BCUT2D eigenvalue weighted by Crippen LogP contribution is 2.24. The number of carbonyl (C=O) groups excluding carboxylic acids is 1. The molecule has 0 aliphatic carbocycles. The van der Waals surface area contributed by atoms with Crippen LogP contribution in [0.1, 0.15) is 12.5 Å². The predicted molar refractivity (Wildman–Crippen MR) is 64.0 cm³/mol. The van der Waals surface area contributed by atoms with Gasteiger partial charge < -0.3 is 4.74 Å². The molecule has 0 fully saturated rings. The van der Waals surface area contributed by atoms with Crippen molar-refractivity contribution in [2.75, 3.05) is 7.11 Å². The molecule has 6 heteroatoms. The summed E-state index contributed by atoms with van der Waals surface area (Å²) in [7, 11) is -0.873. The van der Waals surface area contributed by atoms with E-state index >= 15 is 0 Å². The second kappa shape index (κ2) is 6.33. The molecular weight excluding hydrogens is 241 g/mol. The summed E-state index contributed by atoms with van der Waals surface area (Å²) in [5, 5.41) is 2.51. The van der Waals surface area contributed by atoms with Crippen molar-refractivity contribution >= 4 is 14.1 Å². The lowest BCUT2D eigenvalue weighted by atomic mass is 10.2. The molecule has 0 spiro atoms. The second-order valence-electron chi connectivity index (χ2n) is 3.54. The number of benzene rings is 1. The number of nitrogens with one attached hydrogen (secondary N) is 1. The van der Waals surface area contributed by atoms with E-state index in [0.717, 1.165) is 5.56 Å². The van der Waals surface area contributed by atoms with Gasteiger partial charge in [0, 0.05) is 4.57 Å². The van der Waals surface area contributed by atoms with E-state index in [4.69, 9.17) is 4.52 Å². The van der Waals surface area contributed by atoms with Crippen molar-refractivity contribution in [2.45, 2.75) is 19.9 Å². The molecule has 1 N–H and O–H groups in total. The van der Waals surface area contributed by atoms with Gasteiger partial charge in [-0.05, 0) is 26.0 Å². The molecule has 0 amide bonds. The summed E-state index contributed by atoms with van der Waals surface area (Å²) in [6, 6.07) is 6.46. The van der Waals surface area contributed by atoms with E-state index in [-0.39, 0.29) is 0 Å². The average molecular weight is 256 g/mol. The highest BCUT2D eigenvalue weighted by Gasteiger charge is 2.27. The van der Waals surface area contributed by atoms with Crippen molar-refractivity contribution < 1.29 is 18.6 Å². The molecular formula is C11H15NO4P+. The van der Waals surface area contributed by atoms with Crippen LogP contribution in [0.2, 0.25) is 0 Å². The quantitative estimate of drug-likeness (QED) is 0.646. The zero-order valence-corrected chi connectivity index (χ0v) is 10.9. The summed E-state index contributed by atoms with van der Waals surface area (Å²) in [6.45, 7) is 3.50. The average Bonchev–Trinajstić information content (AvgIpc) is 2.30. The first-order chi connectivity index (χ1) is 8.02. The van der Waals surface area contributed by atoms with E-state index in [1.165, 1.54) is 7.11 Å². The first-order valence-corrected chi connectivity index (χ1v) is 6.26. The molecule has 0 aliphatic heterocycles. The summed E-state index contributed by atoms with van der Waals surface area (Å²) in [5.41, 5.74) is 1.09. The van der Waals surface area contributed by atoms with Gasteiger partial charge in [0.15, 0.2) is 5.75 Å². The Kier molecular flexibility index (Phi) is 5.07. The Labute approximate surface area is 101 Å². The smallest absolute Gasteiger partial charge is 0.468 e. The summed E-state index contributed by atoms with van der Waals surface area (Å²) in [6.07, 6.45) is 0. The maximum atomic E-state index is 11.5. The van der Waals surface area contributed by atoms with Crippen LogP contribution in [0.3, 0.4) is 0 Å². The van der Waals surface area contributed by atoms with Crippen LogP contribution in [0.25, 0.3) is 0 Å². The van der Waals surface area contributed by atoms with Crippen molar-refractivity contribution in [2.24, 2.45) is 0 Å². The highest BCUT2D eigenvalue weighted by atomic mass is 31.1. The van der Waals surface area contributed by atoms with E-state index in [1.807, 2.05) is 19.1 Å². The van der Waals surface area contributed by atoms with E-state index < -0.39 is 20.2 Å². The maximum absolute atomic E-state index is 11.5. The Balaban J connectivity index is 2.50. The number of methoxy groups -OCH3 is 1. The molecule has 1 rings (SSSR count). The predicted octanol–water partition coefficient (Wildman–Crippen LogP) is 2.18. The highest BCUT2D eigenvalue weighted by molar-refractivity contribution is 7.37. The minimum Gasteiger partial charge on any atom is -0.468 e. The Hall–Kier alpha value is -1.45. The third kappa shape index (κ3) is 4.51. The molecule has 92 valence electrons.